The predicted octanol–water partition coefficient (Wildman–Crippen LogP) is 1.25. The predicted molar refractivity (Wildman–Crippen MR) is 91.3 cm³/mol. The molecule has 0 unspecified atom stereocenters. The highest BCUT2D eigenvalue weighted by Crippen LogP contribution is 2.48. The summed E-state index contributed by atoms with van der Waals surface area (Å²) in [7, 11) is 0. The second kappa shape index (κ2) is 6.81. The maximum absolute atomic E-state index is 10.2. The topological polar surface area (TPSA) is 82.0 Å². The zero-order valence-electron chi connectivity index (χ0n) is 14.3. The molecule has 1 aliphatic heterocycles. The smallest absolute Gasteiger partial charge is 0.132 e. The second-order valence-electron chi connectivity index (χ2n) is 8.23. The molecule has 4 N–H and O–H groups in total. The van der Waals surface area contributed by atoms with E-state index in [1.165, 1.54) is 19.3 Å². The molecule has 6 heteroatoms. The van der Waals surface area contributed by atoms with E-state index >= 15 is 0 Å². The summed E-state index contributed by atoms with van der Waals surface area (Å²) in [4.78, 5) is 0. The lowest BCUT2D eigenvalue weighted by molar-refractivity contribution is -0.192. The van der Waals surface area contributed by atoms with Crippen molar-refractivity contribution in [1.29, 1.82) is 0 Å². The molecule has 0 spiro atoms. The fourth-order valence-electron chi connectivity index (χ4n) is 3.99. The van der Waals surface area contributed by atoms with Crippen LogP contribution in [0.1, 0.15) is 52.9 Å². The molecule has 5 nitrogen and oxygen atoms in total. The Morgan fingerprint density at radius 3 is 2.35 bits per heavy atom. The van der Waals surface area contributed by atoms with Gasteiger partial charge in [-0.25, -0.2) is 0 Å². The second-order valence-corrected chi connectivity index (χ2v) is 9.53. The van der Waals surface area contributed by atoms with Gasteiger partial charge in [0.2, 0.25) is 0 Å². The number of ether oxygens (including phenoxy) is 1. The van der Waals surface area contributed by atoms with Crippen molar-refractivity contribution in [2.75, 3.05) is 0 Å². The first-order valence-corrected chi connectivity index (χ1v) is 9.83. The largest absolute Gasteiger partial charge is 0.388 e. The van der Waals surface area contributed by atoms with E-state index in [0.29, 0.717) is 17.3 Å². The van der Waals surface area contributed by atoms with Crippen LogP contribution in [0.5, 0.6) is 0 Å². The Morgan fingerprint density at radius 1 is 1.04 bits per heavy atom. The highest BCUT2D eigenvalue weighted by molar-refractivity contribution is 8.00. The van der Waals surface area contributed by atoms with Gasteiger partial charge in [0.25, 0.3) is 0 Å². The quantitative estimate of drug-likeness (QED) is 0.614. The molecule has 3 aliphatic rings. The molecule has 0 aromatic carbocycles. The number of rotatable bonds is 4. The fourth-order valence-corrected chi connectivity index (χ4v) is 5.68. The van der Waals surface area contributed by atoms with Crippen molar-refractivity contribution in [3.8, 4) is 0 Å². The van der Waals surface area contributed by atoms with E-state index in [9.17, 15) is 15.3 Å². The Bertz CT molecular complexity index is 417. The maximum atomic E-state index is 10.2. The molecule has 2 saturated carbocycles. The van der Waals surface area contributed by atoms with Crippen LogP contribution in [-0.4, -0.2) is 62.5 Å². The van der Waals surface area contributed by atoms with Crippen LogP contribution < -0.4 is 5.32 Å². The van der Waals surface area contributed by atoms with Crippen LogP contribution in [0.2, 0.25) is 0 Å². The molecule has 1 saturated heterocycles. The number of hydrogen-bond acceptors (Lipinski definition) is 6. The van der Waals surface area contributed by atoms with Crippen molar-refractivity contribution in [1.82, 2.24) is 5.32 Å². The summed E-state index contributed by atoms with van der Waals surface area (Å²) in [6, 6.07) is 1.22. The van der Waals surface area contributed by atoms with Crippen molar-refractivity contribution < 1.29 is 20.1 Å². The number of hydrogen-bond donors (Lipinski definition) is 4. The molecule has 1 heterocycles. The Morgan fingerprint density at radius 2 is 1.74 bits per heavy atom. The molecule has 23 heavy (non-hydrogen) atoms. The summed E-state index contributed by atoms with van der Waals surface area (Å²) >= 11 is 1.63. The zero-order valence-corrected chi connectivity index (χ0v) is 15.1. The van der Waals surface area contributed by atoms with Gasteiger partial charge < -0.3 is 25.4 Å². The van der Waals surface area contributed by atoms with Crippen LogP contribution in [0, 0.1) is 5.41 Å². The normalized spacial score (nSPS) is 47.5. The Labute approximate surface area is 143 Å². The molecule has 3 rings (SSSR count). The first-order chi connectivity index (χ1) is 10.8. The number of thioether (sulfide) groups is 1. The van der Waals surface area contributed by atoms with Crippen LogP contribution in [-0.2, 0) is 4.74 Å². The number of aliphatic hydroxyl groups is 3. The zero-order chi connectivity index (χ0) is 16.8. The lowest BCUT2D eigenvalue weighted by Gasteiger charge is -2.41. The van der Waals surface area contributed by atoms with E-state index < -0.39 is 29.9 Å². The van der Waals surface area contributed by atoms with E-state index in [4.69, 9.17) is 4.74 Å². The highest BCUT2D eigenvalue weighted by atomic mass is 32.2. The molecule has 0 bridgehead atoms. The molecule has 3 fully saturated rings. The Balaban J connectivity index is 1.59. The summed E-state index contributed by atoms with van der Waals surface area (Å²) in [6.07, 6.45) is 2.46. The maximum Gasteiger partial charge on any atom is 0.132 e. The number of aliphatic hydroxyl groups excluding tert-OH is 3. The summed E-state index contributed by atoms with van der Waals surface area (Å²) in [5.74, 6) is 0. The lowest BCUT2D eigenvalue weighted by Crippen LogP contribution is -2.56. The van der Waals surface area contributed by atoms with Gasteiger partial charge in [-0.05, 0) is 38.0 Å². The highest BCUT2D eigenvalue weighted by Gasteiger charge is 2.47. The van der Waals surface area contributed by atoms with E-state index in [2.05, 4.69) is 19.2 Å². The molecule has 7 atom stereocenters. The minimum atomic E-state index is -1.13. The van der Waals surface area contributed by atoms with Crippen LogP contribution in [0.15, 0.2) is 0 Å². The van der Waals surface area contributed by atoms with Gasteiger partial charge in [0.15, 0.2) is 0 Å². The average molecular weight is 346 g/mol. The van der Waals surface area contributed by atoms with Crippen LogP contribution in [0.3, 0.4) is 0 Å². The summed E-state index contributed by atoms with van der Waals surface area (Å²) < 4.78 is 5.77. The van der Waals surface area contributed by atoms with E-state index in [0.717, 1.165) is 12.8 Å². The van der Waals surface area contributed by atoms with Gasteiger partial charge in [-0.3, -0.25) is 0 Å². The first kappa shape index (κ1) is 18.0. The van der Waals surface area contributed by atoms with Crippen molar-refractivity contribution in [2.24, 2.45) is 5.41 Å². The van der Waals surface area contributed by atoms with Gasteiger partial charge in [0.05, 0.1) is 6.10 Å². The minimum Gasteiger partial charge on any atom is -0.388 e. The Kier molecular flexibility index (Phi) is 5.31. The van der Waals surface area contributed by atoms with Crippen LogP contribution in [0.25, 0.3) is 0 Å². The summed E-state index contributed by atoms with van der Waals surface area (Å²) in [5, 5.41) is 34.2. The third kappa shape index (κ3) is 3.72. The SMILES string of the molecule is C[C@@H]1O[C@@H](S[C@H]2C[C@@H](NC3CCC3)CC2(C)C)[C@@H](O)[C@H](O)[C@@H]1O. The summed E-state index contributed by atoms with van der Waals surface area (Å²) in [6.45, 7) is 6.29. The van der Waals surface area contributed by atoms with E-state index in [1.54, 1.807) is 18.7 Å². The number of nitrogens with one attached hydrogen (secondary N) is 1. The van der Waals surface area contributed by atoms with Gasteiger partial charge >= 0.3 is 0 Å². The average Bonchev–Trinajstić information content (AvgIpc) is 2.72. The molecule has 0 aromatic rings. The van der Waals surface area contributed by atoms with Crippen molar-refractivity contribution in [3.63, 3.8) is 0 Å². The molecule has 0 radical (unpaired) electrons. The molecule has 134 valence electrons. The van der Waals surface area contributed by atoms with Gasteiger partial charge in [0, 0.05) is 17.3 Å². The van der Waals surface area contributed by atoms with Gasteiger partial charge in [-0.2, -0.15) is 0 Å². The minimum absolute atomic E-state index is 0.166. The molecule has 2 aliphatic carbocycles. The van der Waals surface area contributed by atoms with Gasteiger partial charge in [0.1, 0.15) is 23.7 Å². The standard InChI is InChI=1S/C17H31NO4S/c1-9-13(19)14(20)15(21)16(22-9)23-12-7-11(8-17(12,2)3)18-10-5-4-6-10/h9-16,18-21H,4-8H2,1-3H3/t9-,11+,12-,13+,14+,15-,16-/m0/s1. The van der Waals surface area contributed by atoms with Gasteiger partial charge in [-0.15, -0.1) is 11.8 Å². The van der Waals surface area contributed by atoms with Gasteiger partial charge in [-0.1, -0.05) is 20.3 Å². The van der Waals surface area contributed by atoms with Crippen molar-refractivity contribution >= 4 is 11.8 Å². The first-order valence-electron chi connectivity index (χ1n) is 8.89. The van der Waals surface area contributed by atoms with Crippen molar-refractivity contribution in [2.45, 2.75) is 100 Å². The van der Waals surface area contributed by atoms with E-state index in [1.807, 2.05) is 0 Å². The van der Waals surface area contributed by atoms with Crippen molar-refractivity contribution in [3.05, 3.63) is 0 Å². The molecular weight excluding hydrogens is 314 g/mol. The molecular formula is C17H31NO4S. The van der Waals surface area contributed by atoms with Crippen LogP contribution in [0.4, 0.5) is 0 Å². The lowest BCUT2D eigenvalue weighted by atomic mass is 9.90. The fraction of sp³-hybridized carbons (Fsp3) is 1.00. The van der Waals surface area contributed by atoms with Crippen LogP contribution >= 0.6 is 11.8 Å². The summed E-state index contributed by atoms with van der Waals surface area (Å²) in [5.41, 5.74) is -0.311. The molecule has 0 aromatic heterocycles. The molecule has 0 amide bonds. The third-order valence-electron chi connectivity index (χ3n) is 5.83. The Hall–Kier alpha value is 0.150. The van der Waals surface area contributed by atoms with E-state index in [-0.39, 0.29) is 5.41 Å². The monoisotopic (exact) mass is 345 g/mol. The third-order valence-corrected chi connectivity index (χ3v) is 7.64.